The van der Waals surface area contributed by atoms with Gasteiger partial charge in [0.1, 0.15) is 0 Å². The van der Waals surface area contributed by atoms with E-state index in [1.165, 1.54) is 16.2 Å². The maximum Gasteiger partial charge on any atom is 0.321 e. The van der Waals surface area contributed by atoms with E-state index in [0.29, 0.717) is 0 Å². The Bertz CT molecular complexity index is 275. The Morgan fingerprint density at radius 1 is 1.82 bits per heavy atom. The number of carbonyl (C=O) groups is 1. The molecule has 0 aromatic carbocycles. The first-order valence-corrected chi connectivity index (χ1v) is 4.83. The molecule has 1 aromatic heterocycles. The van der Waals surface area contributed by atoms with Crippen LogP contribution < -0.4 is 4.90 Å². The van der Waals surface area contributed by atoms with Crippen molar-refractivity contribution in [2.75, 3.05) is 11.9 Å². The fourth-order valence-electron chi connectivity index (χ4n) is 0.565. The van der Waals surface area contributed by atoms with Crippen LogP contribution in [0.1, 0.15) is 0 Å². The number of halogens is 2. The molecule has 2 nitrogen and oxygen atoms in total. The normalized spacial score (nSPS) is 9.73. The first-order valence-electron chi connectivity index (χ1n) is 2.78. The molecule has 60 valence electrons. The van der Waals surface area contributed by atoms with Gasteiger partial charge in [0, 0.05) is 16.9 Å². The summed E-state index contributed by atoms with van der Waals surface area (Å²) in [5.41, 5.74) is 0. The predicted molar refractivity (Wildman–Crippen MR) is 51.7 cm³/mol. The molecule has 1 amide bonds. The van der Waals surface area contributed by atoms with E-state index in [0.717, 1.165) is 9.47 Å². The van der Waals surface area contributed by atoms with Gasteiger partial charge in [-0.15, -0.1) is 11.3 Å². The average Bonchev–Trinajstić information content (AvgIpc) is 2.34. The summed E-state index contributed by atoms with van der Waals surface area (Å²) in [7, 11) is 1.63. The van der Waals surface area contributed by atoms with Crippen LogP contribution in [-0.2, 0) is 0 Å². The van der Waals surface area contributed by atoms with Crippen molar-refractivity contribution in [2.24, 2.45) is 0 Å². The third-order valence-corrected chi connectivity index (χ3v) is 3.17. The largest absolute Gasteiger partial charge is 0.321 e. The molecule has 1 rings (SSSR count). The lowest BCUT2D eigenvalue weighted by Crippen LogP contribution is -2.17. The molecule has 0 saturated heterocycles. The van der Waals surface area contributed by atoms with Gasteiger partial charge in [-0.2, -0.15) is 0 Å². The first kappa shape index (κ1) is 9.03. The molecule has 0 radical (unpaired) electrons. The minimum atomic E-state index is -0.473. The second-order valence-corrected chi connectivity index (χ2v) is 4.04. The highest BCUT2D eigenvalue weighted by molar-refractivity contribution is 9.10. The van der Waals surface area contributed by atoms with E-state index in [1.807, 2.05) is 11.4 Å². The molecule has 0 N–H and O–H groups in total. The summed E-state index contributed by atoms with van der Waals surface area (Å²) in [6, 6.07) is 1.84. The minimum absolute atomic E-state index is 0.473. The molecule has 0 saturated carbocycles. The van der Waals surface area contributed by atoms with Crippen molar-refractivity contribution in [1.29, 1.82) is 0 Å². The van der Waals surface area contributed by atoms with Crippen LogP contribution in [-0.4, -0.2) is 12.4 Å². The molecular formula is C6H5BrClNOS. The first-order chi connectivity index (χ1) is 5.11. The smallest absolute Gasteiger partial charge is 0.293 e. The summed E-state index contributed by atoms with van der Waals surface area (Å²) in [6.45, 7) is 0. The van der Waals surface area contributed by atoms with Crippen LogP contribution in [0.2, 0.25) is 0 Å². The van der Waals surface area contributed by atoms with E-state index in [1.54, 1.807) is 7.05 Å². The summed E-state index contributed by atoms with van der Waals surface area (Å²) in [4.78, 5) is 12.0. The molecule has 0 fully saturated rings. The van der Waals surface area contributed by atoms with Crippen molar-refractivity contribution in [3.8, 4) is 0 Å². The fraction of sp³-hybridized carbons (Fsp3) is 0.167. The predicted octanol–water partition coefficient (Wildman–Crippen LogP) is 3.31. The number of hydrogen-bond acceptors (Lipinski definition) is 2. The molecule has 1 aromatic rings. The van der Waals surface area contributed by atoms with Crippen molar-refractivity contribution in [3.05, 3.63) is 15.9 Å². The second kappa shape index (κ2) is 3.56. The molecule has 11 heavy (non-hydrogen) atoms. The zero-order valence-corrected chi connectivity index (χ0v) is 8.83. The Balaban J connectivity index is 2.84. The molecule has 0 spiro atoms. The average molecular weight is 255 g/mol. The lowest BCUT2D eigenvalue weighted by molar-refractivity contribution is 0.265. The number of nitrogens with zero attached hydrogens (tertiary/aromatic N) is 1. The van der Waals surface area contributed by atoms with Crippen molar-refractivity contribution < 1.29 is 4.79 Å². The number of carbonyl (C=O) groups excluding carboxylic acids is 1. The van der Waals surface area contributed by atoms with Crippen LogP contribution in [0.5, 0.6) is 0 Å². The highest BCUT2D eigenvalue weighted by Gasteiger charge is 2.08. The minimum Gasteiger partial charge on any atom is -0.293 e. The van der Waals surface area contributed by atoms with Crippen molar-refractivity contribution in [2.45, 2.75) is 0 Å². The standard InChI is InChI=1S/C6H5BrClNOS/c1-9(6(8)10)5-2-4(7)3-11-5/h2-3H,1H3. The van der Waals surface area contributed by atoms with Gasteiger partial charge in [0.05, 0.1) is 5.00 Å². The van der Waals surface area contributed by atoms with E-state index in [4.69, 9.17) is 11.6 Å². The van der Waals surface area contributed by atoms with E-state index < -0.39 is 5.37 Å². The quantitative estimate of drug-likeness (QED) is 0.556. The molecular weight excluding hydrogens is 249 g/mol. The maximum absolute atomic E-state index is 10.6. The van der Waals surface area contributed by atoms with Crippen LogP contribution in [0, 0.1) is 0 Å². The fourth-order valence-corrected chi connectivity index (χ4v) is 2.09. The topological polar surface area (TPSA) is 20.3 Å². The SMILES string of the molecule is CN(C(=O)Cl)c1cc(Br)cs1. The Morgan fingerprint density at radius 2 is 2.45 bits per heavy atom. The lowest BCUT2D eigenvalue weighted by atomic mass is 10.6. The highest BCUT2D eigenvalue weighted by atomic mass is 79.9. The van der Waals surface area contributed by atoms with E-state index in [-0.39, 0.29) is 0 Å². The van der Waals surface area contributed by atoms with Gasteiger partial charge in [-0.05, 0) is 33.6 Å². The molecule has 0 aliphatic rings. The molecule has 0 bridgehead atoms. The molecule has 0 atom stereocenters. The molecule has 0 aliphatic carbocycles. The van der Waals surface area contributed by atoms with Gasteiger partial charge in [0.15, 0.2) is 0 Å². The Morgan fingerprint density at radius 3 is 2.82 bits per heavy atom. The molecule has 0 unspecified atom stereocenters. The maximum atomic E-state index is 10.6. The van der Waals surface area contributed by atoms with Gasteiger partial charge < -0.3 is 0 Å². The van der Waals surface area contributed by atoms with E-state index >= 15 is 0 Å². The van der Waals surface area contributed by atoms with Crippen LogP contribution in [0.3, 0.4) is 0 Å². The summed E-state index contributed by atoms with van der Waals surface area (Å²) in [6.07, 6.45) is 0. The van der Waals surface area contributed by atoms with Crippen LogP contribution in [0.4, 0.5) is 9.80 Å². The monoisotopic (exact) mass is 253 g/mol. The molecule has 0 aliphatic heterocycles. The van der Waals surface area contributed by atoms with Crippen LogP contribution in [0.15, 0.2) is 15.9 Å². The summed E-state index contributed by atoms with van der Waals surface area (Å²) in [5, 5.41) is 2.25. The molecule has 1 heterocycles. The van der Waals surface area contributed by atoms with Gasteiger partial charge in [-0.25, -0.2) is 0 Å². The highest BCUT2D eigenvalue weighted by Crippen LogP contribution is 2.27. The number of anilines is 1. The van der Waals surface area contributed by atoms with Gasteiger partial charge in [0.2, 0.25) is 0 Å². The number of thiophene rings is 1. The van der Waals surface area contributed by atoms with Crippen LogP contribution >= 0.6 is 38.9 Å². The third-order valence-electron chi connectivity index (χ3n) is 1.15. The second-order valence-electron chi connectivity index (χ2n) is 1.92. The molecule has 5 heteroatoms. The van der Waals surface area contributed by atoms with Gasteiger partial charge in [0.25, 0.3) is 0 Å². The zero-order valence-electron chi connectivity index (χ0n) is 5.67. The summed E-state index contributed by atoms with van der Waals surface area (Å²) < 4.78 is 0.960. The van der Waals surface area contributed by atoms with Crippen molar-refractivity contribution in [1.82, 2.24) is 0 Å². The lowest BCUT2D eigenvalue weighted by Gasteiger charge is -2.08. The van der Waals surface area contributed by atoms with Gasteiger partial charge in [-0.1, -0.05) is 0 Å². The number of amides is 1. The number of hydrogen-bond donors (Lipinski definition) is 0. The van der Waals surface area contributed by atoms with Crippen molar-refractivity contribution >= 4 is 49.2 Å². The summed E-state index contributed by atoms with van der Waals surface area (Å²) >= 11 is 9.99. The Hall–Kier alpha value is -0.0600. The van der Waals surface area contributed by atoms with E-state index in [9.17, 15) is 4.79 Å². The van der Waals surface area contributed by atoms with Crippen LogP contribution in [0.25, 0.3) is 0 Å². The van der Waals surface area contributed by atoms with Gasteiger partial charge in [-0.3, -0.25) is 9.69 Å². The van der Waals surface area contributed by atoms with Crippen molar-refractivity contribution in [3.63, 3.8) is 0 Å². The number of rotatable bonds is 1. The third kappa shape index (κ3) is 2.18. The van der Waals surface area contributed by atoms with E-state index in [2.05, 4.69) is 15.9 Å². The van der Waals surface area contributed by atoms with Gasteiger partial charge >= 0.3 is 5.37 Å². The Kier molecular flexibility index (Phi) is 2.92. The summed E-state index contributed by atoms with van der Waals surface area (Å²) in [5.74, 6) is 0. The zero-order chi connectivity index (χ0) is 8.43. The Labute approximate surface area is 81.9 Å².